The number of fused-ring (bicyclic) bond motifs is 2. The molecule has 34 heavy (non-hydrogen) atoms. The third-order valence-corrected chi connectivity index (χ3v) is 7.62. The molecule has 1 aliphatic rings. The van der Waals surface area contributed by atoms with Gasteiger partial charge in [-0.05, 0) is 61.2 Å². The van der Waals surface area contributed by atoms with E-state index in [-0.39, 0.29) is 30.3 Å². The Morgan fingerprint density at radius 1 is 0.941 bits per heavy atom. The van der Waals surface area contributed by atoms with E-state index >= 15 is 0 Å². The number of hydrogen-bond donors (Lipinski definition) is 2. The molecule has 4 rings (SSSR count). The molecule has 0 radical (unpaired) electrons. The molecule has 2 N–H and O–H groups in total. The van der Waals surface area contributed by atoms with E-state index in [1.807, 2.05) is 69.3 Å². The number of sulfonamides is 1. The van der Waals surface area contributed by atoms with Gasteiger partial charge in [-0.15, -0.1) is 0 Å². The molecule has 1 aliphatic heterocycles. The third kappa shape index (κ3) is 5.13. The first-order valence-electron chi connectivity index (χ1n) is 11.2. The van der Waals surface area contributed by atoms with E-state index < -0.39 is 27.5 Å². The fourth-order valence-electron chi connectivity index (χ4n) is 4.19. The van der Waals surface area contributed by atoms with Crippen molar-refractivity contribution in [3.63, 3.8) is 0 Å². The summed E-state index contributed by atoms with van der Waals surface area (Å²) in [7, 11) is -3.99. The van der Waals surface area contributed by atoms with Gasteiger partial charge in [0.1, 0.15) is 6.04 Å². The van der Waals surface area contributed by atoms with Crippen LogP contribution in [0, 0.1) is 0 Å². The Morgan fingerprint density at radius 3 is 2.29 bits per heavy atom. The first-order chi connectivity index (χ1) is 16.0. The van der Waals surface area contributed by atoms with E-state index in [4.69, 9.17) is 0 Å². The van der Waals surface area contributed by atoms with E-state index in [1.165, 1.54) is 4.31 Å². The van der Waals surface area contributed by atoms with Crippen LogP contribution in [0.15, 0.2) is 71.6 Å². The topological polar surface area (TPSA) is 95.6 Å². The Labute approximate surface area is 200 Å². The van der Waals surface area contributed by atoms with Crippen LogP contribution in [0.25, 0.3) is 10.8 Å². The van der Waals surface area contributed by atoms with Crippen LogP contribution >= 0.6 is 0 Å². The molecule has 3 aromatic carbocycles. The summed E-state index contributed by atoms with van der Waals surface area (Å²) < 4.78 is 28.7. The predicted molar refractivity (Wildman–Crippen MR) is 132 cm³/mol. The number of carbonyl (C=O) groups is 2. The maximum atomic E-state index is 13.7. The van der Waals surface area contributed by atoms with Crippen LogP contribution in [-0.2, 0) is 32.6 Å². The number of nitrogens with one attached hydrogen (secondary N) is 2. The van der Waals surface area contributed by atoms with Gasteiger partial charge >= 0.3 is 0 Å². The molecule has 0 aromatic heterocycles. The highest BCUT2D eigenvalue weighted by molar-refractivity contribution is 7.89. The normalized spacial score (nSPS) is 16.6. The monoisotopic (exact) mass is 479 g/mol. The average molecular weight is 480 g/mol. The van der Waals surface area contributed by atoms with Crippen molar-refractivity contribution < 1.29 is 18.0 Å². The second kappa shape index (κ2) is 9.19. The molecule has 0 aliphatic carbocycles. The molecule has 3 aromatic rings. The van der Waals surface area contributed by atoms with Crippen molar-refractivity contribution in [3.05, 3.63) is 77.9 Å². The lowest BCUT2D eigenvalue weighted by molar-refractivity contribution is -0.129. The van der Waals surface area contributed by atoms with Crippen LogP contribution in [0.5, 0.6) is 0 Å². The molecule has 0 fully saturated rings. The largest absolute Gasteiger partial charge is 0.350 e. The number of hydrogen-bond acceptors (Lipinski definition) is 4. The van der Waals surface area contributed by atoms with Gasteiger partial charge in [-0.1, -0.05) is 54.6 Å². The summed E-state index contributed by atoms with van der Waals surface area (Å²) in [6.07, 6.45) is 0.232. The van der Waals surface area contributed by atoms with Gasteiger partial charge in [-0.2, -0.15) is 4.31 Å². The van der Waals surface area contributed by atoms with Crippen molar-refractivity contribution in [2.75, 3.05) is 6.54 Å². The first-order valence-corrected chi connectivity index (χ1v) is 12.6. The van der Waals surface area contributed by atoms with Gasteiger partial charge in [0.2, 0.25) is 21.8 Å². The lowest BCUT2D eigenvalue weighted by Gasteiger charge is -2.35. The molecule has 7 nitrogen and oxygen atoms in total. The highest BCUT2D eigenvalue weighted by Crippen LogP contribution is 2.30. The maximum absolute atomic E-state index is 13.7. The molecular formula is C26H29N3O4S. The van der Waals surface area contributed by atoms with Crippen molar-refractivity contribution in [1.82, 2.24) is 14.9 Å². The van der Waals surface area contributed by atoms with Crippen molar-refractivity contribution in [1.29, 1.82) is 0 Å². The molecule has 178 valence electrons. The molecule has 0 saturated heterocycles. The van der Waals surface area contributed by atoms with Crippen LogP contribution in [0.3, 0.4) is 0 Å². The van der Waals surface area contributed by atoms with Crippen LogP contribution in [0.2, 0.25) is 0 Å². The quantitative estimate of drug-likeness (QED) is 0.588. The van der Waals surface area contributed by atoms with Crippen molar-refractivity contribution in [3.8, 4) is 0 Å². The van der Waals surface area contributed by atoms with Gasteiger partial charge < -0.3 is 10.6 Å². The minimum atomic E-state index is -3.99. The summed E-state index contributed by atoms with van der Waals surface area (Å²) >= 11 is 0. The van der Waals surface area contributed by atoms with E-state index in [0.29, 0.717) is 0 Å². The zero-order chi connectivity index (χ0) is 24.5. The summed E-state index contributed by atoms with van der Waals surface area (Å²) in [6.45, 7) is 5.41. The van der Waals surface area contributed by atoms with Crippen LogP contribution in [0.1, 0.15) is 31.9 Å². The summed E-state index contributed by atoms with van der Waals surface area (Å²) in [6, 6.07) is 19.1. The van der Waals surface area contributed by atoms with Gasteiger partial charge in [0.05, 0.1) is 11.4 Å². The minimum Gasteiger partial charge on any atom is -0.350 e. The van der Waals surface area contributed by atoms with Crippen molar-refractivity contribution in [2.45, 2.75) is 50.2 Å². The van der Waals surface area contributed by atoms with Gasteiger partial charge in [0.15, 0.2) is 0 Å². The van der Waals surface area contributed by atoms with Crippen LogP contribution in [-0.4, -0.2) is 42.7 Å². The Kier molecular flexibility index (Phi) is 6.47. The number of carbonyl (C=O) groups excluding carboxylic acids is 2. The Morgan fingerprint density at radius 2 is 1.59 bits per heavy atom. The first kappa shape index (κ1) is 23.9. The molecule has 0 bridgehead atoms. The molecule has 0 unspecified atom stereocenters. The summed E-state index contributed by atoms with van der Waals surface area (Å²) in [5, 5.41) is 7.16. The van der Waals surface area contributed by atoms with Crippen LogP contribution < -0.4 is 10.6 Å². The highest BCUT2D eigenvalue weighted by atomic mass is 32.2. The fraction of sp³-hybridized carbons (Fsp3) is 0.308. The minimum absolute atomic E-state index is 0.0810. The average Bonchev–Trinajstić information content (AvgIpc) is 2.80. The van der Waals surface area contributed by atoms with Gasteiger partial charge in [-0.25, -0.2) is 8.42 Å². The van der Waals surface area contributed by atoms with E-state index in [0.717, 1.165) is 21.9 Å². The summed E-state index contributed by atoms with van der Waals surface area (Å²) in [5.41, 5.74) is 1.35. The molecule has 1 atom stereocenters. The molecule has 0 saturated carbocycles. The van der Waals surface area contributed by atoms with Gasteiger partial charge in [-0.3, -0.25) is 9.59 Å². The van der Waals surface area contributed by atoms with E-state index in [9.17, 15) is 18.0 Å². The van der Waals surface area contributed by atoms with E-state index in [1.54, 1.807) is 18.2 Å². The third-order valence-electron chi connectivity index (χ3n) is 5.77. The van der Waals surface area contributed by atoms with Gasteiger partial charge in [0.25, 0.3) is 0 Å². The van der Waals surface area contributed by atoms with E-state index in [2.05, 4.69) is 10.6 Å². The predicted octanol–water partition coefficient (Wildman–Crippen LogP) is 2.99. The molecular weight excluding hydrogens is 450 g/mol. The number of nitrogens with zero attached hydrogens (tertiary/aromatic N) is 1. The highest BCUT2D eigenvalue weighted by Gasteiger charge is 2.39. The lowest BCUT2D eigenvalue weighted by Crippen LogP contribution is -2.54. The zero-order valence-electron chi connectivity index (χ0n) is 19.5. The standard InChI is InChI=1S/C26H29N3O4S/c1-26(2,3)28-24(30)16-27-25(31)23-15-20-10-6-7-11-21(20)17-29(23)34(32,33)22-13-12-18-8-4-5-9-19(18)14-22/h4-14,23H,15-17H2,1-3H3,(H,27,31)(H,28,30)/t23-/m0/s1. The smallest absolute Gasteiger partial charge is 0.244 e. The summed E-state index contributed by atoms with van der Waals surface area (Å²) in [5.74, 6) is -0.830. The molecule has 1 heterocycles. The second-order valence-electron chi connectivity index (χ2n) is 9.56. The maximum Gasteiger partial charge on any atom is 0.244 e. The Balaban J connectivity index is 1.64. The Bertz CT molecular complexity index is 1350. The summed E-state index contributed by atoms with van der Waals surface area (Å²) in [4.78, 5) is 25.5. The van der Waals surface area contributed by atoms with Gasteiger partial charge in [0, 0.05) is 12.1 Å². The molecule has 8 heteroatoms. The second-order valence-corrected chi connectivity index (χ2v) is 11.5. The number of rotatable bonds is 5. The SMILES string of the molecule is CC(C)(C)NC(=O)CNC(=O)[C@@H]1Cc2ccccc2CN1S(=O)(=O)c1ccc2ccccc2c1. The number of amides is 2. The molecule has 2 amide bonds. The number of benzene rings is 3. The lowest BCUT2D eigenvalue weighted by atomic mass is 9.95. The Hall–Kier alpha value is -3.23. The zero-order valence-corrected chi connectivity index (χ0v) is 20.4. The fourth-order valence-corrected chi connectivity index (χ4v) is 5.79. The van der Waals surface area contributed by atoms with Crippen molar-refractivity contribution in [2.24, 2.45) is 0 Å². The van der Waals surface area contributed by atoms with Crippen LogP contribution in [0.4, 0.5) is 0 Å². The molecule has 0 spiro atoms. The van der Waals surface area contributed by atoms with Crippen molar-refractivity contribution >= 4 is 32.6 Å².